The summed E-state index contributed by atoms with van der Waals surface area (Å²) >= 11 is 1.77. The van der Waals surface area contributed by atoms with Crippen LogP contribution in [0.4, 0.5) is 0 Å². The van der Waals surface area contributed by atoms with Crippen LogP contribution in [0.25, 0.3) is 33.5 Å². The number of benzene rings is 2. The lowest BCUT2D eigenvalue weighted by Crippen LogP contribution is -2.28. The zero-order valence-electron chi connectivity index (χ0n) is 21.4. The summed E-state index contributed by atoms with van der Waals surface area (Å²) in [5.41, 5.74) is 7.98. The van der Waals surface area contributed by atoms with Gasteiger partial charge in [-0.05, 0) is 56.0 Å². The molecule has 0 saturated carbocycles. The first-order valence-corrected chi connectivity index (χ1v) is 13.7. The molecule has 0 N–H and O–H groups in total. The van der Waals surface area contributed by atoms with E-state index in [1.165, 1.54) is 11.1 Å². The molecule has 4 heterocycles. The van der Waals surface area contributed by atoms with E-state index in [4.69, 9.17) is 4.52 Å². The van der Waals surface area contributed by atoms with Gasteiger partial charge in [0.1, 0.15) is 11.5 Å². The zero-order chi connectivity index (χ0) is 25.4. The molecule has 0 aliphatic carbocycles. The lowest BCUT2D eigenvalue weighted by Gasteiger charge is -2.19. The molecule has 1 aliphatic rings. The molecule has 8 heteroatoms. The molecular formula is C29H30N6OS. The lowest BCUT2D eigenvalue weighted by molar-refractivity contribution is 0.306. The van der Waals surface area contributed by atoms with Crippen molar-refractivity contribution in [2.24, 2.45) is 7.05 Å². The Kier molecular flexibility index (Phi) is 6.52. The van der Waals surface area contributed by atoms with Crippen molar-refractivity contribution < 1.29 is 4.52 Å². The zero-order valence-corrected chi connectivity index (χ0v) is 22.3. The largest absolute Gasteiger partial charge is 0.361 e. The summed E-state index contributed by atoms with van der Waals surface area (Å²) < 4.78 is 7.37. The van der Waals surface area contributed by atoms with Gasteiger partial charge in [-0.3, -0.25) is 4.98 Å². The first-order chi connectivity index (χ1) is 18.0. The van der Waals surface area contributed by atoms with Crippen molar-refractivity contribution in [2.45, 2.75) is 31.8 Å². The maximum Gasteiger partial charge on any atom is 0.191 e. The van der Waals surface area contributed by atoms with Crippen molar-refractivity contribution in [3.63, 3.8) is 0 Å². The van der Waals surface area contributed by atoms with Crippen LogP contribution in [0.5, 0.6) is 0 Å². The second-order valence-corrected chi connectivity index (χ2v) is 10.7. The number of rotatable bonds is 6. The molecule has 0 radical (unpaired) electrons. The van der Waals surface area contributed by atoms with E-state index in [9.17, 15) is 0 Å². The number of hydrogen-bond acceptors (Lipinski definition) is 7. The minimum absolute atomic E-state index is 0.841. The molecule has 7 nitrogen and oxygen atoms in total. The number of aryl methyl sites for hydroxylation is 2. The highest BCUT2D eigenvalue weighted by molar-refractivity contribution is 7.99. The maximum absolute atomic E-state index is 5.27. The van der Waals surface area contributed by atoms with Gasteiger partial charge in [0.25, 0.3) is 0 Å². The second kappa shape index (κ2) is 10.1. The highest BCUT2D eigenvalue weighted by Crippen LogP contribution is 2.29. The van der Waals surface area contributed by atoms with Crippen LogP contribution in [0.15, 0.2) is 64.3 Å². The third-order valence-corrected chi connectivity index (χ3v) is 8.11. The van der Waals surface area contributed by atoms with Gasteiger partial charge >= 0.3 is 0 Å². The summed E-state index contributed by atoms with van der Waals surface area (Å²) in [5, 5.41) is 15.3. The third-order valence-electron chi connectivity index (χ3n) is 7.11. The van der Waals surface area contributed by atoms with Crippen LogP contribution in [-0.4, -0.2) is 55.2 Å². The summed E-state index contributed by atoms with van der Waals surface area (Å²) in [7, 11) is 2.05. The number of fused-ring (bicyclic) bond motifs is 2. The predicted octanol–water partition coefficient (Wildman–Crippen LogP) is 5.50. The van der Waals surface area contributed by atoms with Crippen molar-refractivity contribution >= 4 is 22.7 Å². The quantitative estimate of drug-likeness (QED) is 0.280. The number of hydrogen-bond donors (Lipinski definition) is 0. The fourth-order valence-electron chi connectivity index (χ4n) is 5.05. The Morgan fingerprint density at radius 3 is 2.65 bits per heavy atom. The summed E-state index contributed by atoms with van der Waals surface area (Å²) in [6, 6.07) is 19.1. The topological polar surface area (TPSA) is 72.9 Å². The molecule has 0 spiro atoms. The molecule has 6 rings (SSSR count). The van der Waals surface area contributed by atoms with Crippen molar-refractivity contribution in [1.82, 2.24) is 29.8 Å². The average Bonchev–Trinajstić information content (AvgIpc) is 3.43. The van der Waals surface area contributed by atoms with E-state index in [2.05, 4.69) is 67.2 Å². The van der Waals surface area contributed by atoms with Gasteiger partial charge in [-0.15, -0.1) is 10.2 Å². The molecule has 0 amide bonds. The molecule has 3 aromatic heterocycles. The van der Waals surface area contributed by atoms with Crippen LogP contribution >= 0.6 is 11.8 Å². The molecule has 0 unspecified atom stereocenters. The minimum atomic E-state index is 0.841. The van der Waals surface area contributed by atoms with E-state index in [-0.39, 0.29) is 0 Å². The first-order valence-electron chi connectivity index (χ1n) is 12.7. The normalized spacial score (nSPS) is 14.1. The molecule has 0 fully saturated rings. The fourth-order valence-corrected chi connectivity index (χ4v) is 5.96. The monoisotopic (exact) mass is 510 g/mol. The standard InChI is InChI=1S/C29H30N6OS/c1-19-7-10-24-25(5-4-6-26(24)30-19)28-31-32-29(34(28)3)37-16-15-35-13-11-21-8-9-23(18-22(21)12-14-35)27-17-20(2)36-33-27/h4-10,17-18H,11-16H2,1-3H3. The van der Waals surface area contributed by atoms with Crippen LogP contribution in [0.1, 0.15) is 22.6 Å². The molecule has 1 aliphatic heterocycles. The summed E-state index contributed by atoms with van der Waals surface area (Å²) in [5.74, 6) is 2.69. The van der Waals surface area contributed by atoms with E-state index < -0.39 is 0 Å². The lowest BCUT2D eigenvalue weighted by atomic mass is 9.99. The molecule has 5 aromatic rings. The van der Waals surface area contributed by atoms with Crippen molar-refractivity contribution in [2.75, 3.05) is 25.4 Å². The molecular weight excluding hydrogens is 480 g/mol. The van der Waals surface area contributed by atoms with Crippen LogP contribution in [0.2, 0.25) is 0 Å². The van der Waals surface area contributed by atoms with E-state index in [1.54, 1.807) is 11.8 Å². The Morgan fingerprint density at radius 2 is 1.81 bits per heavy atom. The fraction of sp³-hybridized carbons (Fsp3) is 0.310. The smallest absolute Gasteiger partial charge is 0.191 e. The second-order valence-electron chi connectivity index (χ2n) is 9.69. The maximum atomic E-state index is 5.27. The van der Waals surface area contributed by atoms with E-state index in [1.807, 2.05) is 38.1 Å². The van der Waals surface area contributed by atoms with Gasteiger partial charge in [0.15, 0.2) is 11.0 Å². The molecule has 188 valence electrons. The molecule has 0 atom stereocenters. The Labute approximate surface area is 220 Å². The Morgan fingerprint density at radius 1 is 0.946 bits per heavy atom. The summed E-state index contributed by atoms with van der Waals surface area (Å²) in [6.07, 6.45) is 2.12. The van der Waals surface area contributed by atoms with Crippen molar-refractivity contribution in [1.29, 1.82) is 0 Å². The van der Waals surface area contributed by atoms with E-state index >= 15 is 0 Å². The van der Waals surface area contributed by atoms with Gasteiger partial charge < -0.3 is 14.0 Å². The van der Waals surface area contributed by atoms with Crippen molar-refractivity contribution in [3.05, 3.63) is 77.2 Å². The van der Waals surface area contributed by atoms with Crippen LogP contribution < -0.4 is 0 Å². The highest BCUT2D eigenvalue weighted by atomic mass is 32.2. The number of nitrogens with zero attached hydrogens (tertiary/aromatic N) is 6. The number of pyridine rings is 1. The van der Waals surface area contributed by atoms with E-state index in [0.29, 0.717) is 0 Å². The van der Waals surface area contributed by atoms with Gasteiger partial charge in [-0.1, -0.05) is 47.3 Å². The van der Waals surface area contributed by atoms with Gasteiger partial charge in [-0.2, -0.15) is 0 Å². The minimum Gasteiger partial charge on any atom is -0.361 e. The Bertz CT molecular complexity index is 1570. The third kappa shape index (κ3) is 4.91. The molecule has 0 saturated heterocycles. The number of aromatic nitrogens is 5. The summed E-state index contributed by atoms with van der Waals surface area (Å²) in [6.45, 7) is 7.10. The van der Waals surface area contributed by atoms with Crippen LogP contribution in [-0.2, 0) is 19.9 Å². The number of thioether (sulfide) groups is 1. The van der Waals surface area contributed by atoms with Gasteiger partial charge in [-0.25, -0.2) is 0 Å². The molecule has 2 aromatic carbocycles. The van der Waals surface area contributed by atoms with Gasteiger partial charge in [0.05, 0.1) is 5.52 Å². The first kappa shape index (κ1) is 23.9. The Balaban J connectivity index is 1.09. The molecule has 37 heavy (non-hydrogen) atoms. The SMILES string of the molecule is Cc1ccc2c(-c3nnc(SCCN4CCc5ccc(-c6cc(C)on6)cc5CC4)n3C)cccc2n1. The van der Waals surface area contributed by atoms with Crippen LogP contribution in [0.3, 0.4) is 0 Å². The van der Waals surface area contributed by atoms with Gasteiger partial charge in [0, 0.05) is 60.7 Å². The van der Waals surface area contributed by atoms with Gasteiger partial charge in [0.2, 0.25) is 0 Å². The molecule has 0 bridgehead atoms. The van der Waals surface area contributed by atoms with Crippen LogP contribution in [0, 0.1) is 13.8 Å². The van der Waals surface area contributed by atoms with E-state index in [0.717, 1.165) is 88.4 Å². The average molecular weight is 511 g/mol. The van der Waals surface area contributed by atoms with Crippen molar-refractivity contribution in [3.8, 4) is 22.6 Å². The predicted molar refractivity (Wildman–Crippen MR) is 148 cm³/mol. The highest BCUT2D eigenvalue weighted by Gasteiger charge is 2.17. The Hall–Kier alpha value is -3.49. The summed E-state index contributed by atoms with van der Waals surface area (Å²) in [4.78, 5) is 7.23.